The van der Waals surface area contributed by atoms with Gasteiger partial charge in [-0.1, -0.05) is 59.8 Å². The van der Waals surface area contributed by atoms with Crippen LogP contribution in [0.1, 0.15) is 5.56 Å². The lowest BCUT2D eigenvalue weighted by atomic mass is 10.1. The summed E-state index contributed by atoms with van der Waals surface area (Å²) in [6, 6.07) is 21.4. The molecule has 8 heteroatoms. The van der Waals surface area contributed by atoms with Crippen LogP contribution in [0.4, 0.5) is 5.69 Å². The largest absolute Gasteiger partial charge is 0.325 e. The molecule has 0 aliphatic rings. The minimum Gasteiger partial charge on any atom is -0.325 e. The van der Waals surface area contributed by atoms with Crippen LogP contribution in [-0.4, -0.2) is 26.4 Å². The van der Waals surface area contributed by atoms with Crippen molar-refractivity contribution in [2.45, 2.75) is 18.1 Å². The Balaban J connectivity index is 1.46. The van der Waals surface area contributed by atoms with Gasteiger partial charge in [-0.2, -0.15) is 0 Å². The number of aromatic nitrogens is 3. The lowest BCUT2D eigenvalue weighted by molar-refractivity contribution is -0.113. The van der Waals surface area contributed by atoms with Crippen LogP contribution in [0.3, 0.4) is 0 Å². The molecule has 1 amide bonds. The molecule has 4 aromatic rings. The Morgan fingerprint density at radius 3 is 2.57 bits per heavy atom. The van der Waals surface area contributed by atoms with Crippen molar-refractivity contribution in [3.63, 3.8) is 0 Å². The van der Waals surface area contributed by atoms with E-state index < -0.39 is 0 Å². The molecule has 2 aromatic carbocycles. The van der Waals surface area contributed by atoms with E-state index in [9.17, 15) is 4.79 Å². The number of thiophene rings is 1. The molecule has 0 atom stereocenters. The quantitative estimate of drug-likeness (QED) is 0.350. The Labute approximate surface area is 188 Å². The minimum atomic E-state index is -0.0994. The number of carbonyl (C=O) groups excluding carboxylic acids is 1. The molecule has 1 N–H and O–H groups in total. The fourth-order valence-electron chi connectivity index (χ4n) is 2.93. The van der Waals surface area contributed by atoms with Gasteiger partial charge in [0.25, 0.3) is 0 Å². The average Bonchev–Trinajstić information content (AvgIpc) is 3.43. The minimum absolute atomic E-state index is 0.0994. The van der Waals surface area contributed by atoms with Crippen molar-refractivity contribution in [1.82, 2.24) is 14.8 Å². The number of hydrogen-bond donors (Lipinski definition) is 1. The number of anilines is 1. The first kappa shape index (κ1) is 20.7. The van der Waals surface area contributed by atoms with E-state index in [-0.39, 0.29) is 11.7 Å². The summed E-state index contributed by atoms with van der Waals surface area (Å²) in [5.74, 6) is 0.982. The van der Waals surface area contributed by atoms with E-state index in [0.717, 1.165) is 34.5 Å². The third-order valence-corrected chi connectivity index (χ3v) is 6.47. The summed E-state index contributed by atoms with van der Waals surface area (Å²) in [6.07, 6.45) is 0.863. The molecule has 5 nitrogen and oxygen atoms in total. The lowest BCUT2D eigenvalue weighted by Crippen LogP contribution is -2.14. The molecule has 2 aromatic heterocycles. The second-order valence-electron chi connectivity index (χ2n) is 6.51. The highest BCUT2D eigenvalue weighted by molar-refractivity contribution is 7.99. The fraction of sp³-hybridized carbons (Fsp3) is 0.136. The van der Waals surface area contributed by atoms with Crippen molar-refractivity contribution in [2.24, 2.45) is 0 Å². The molecule has 30 heavy (non-hydrogen) atoms. The van der Waals surface area contributed by atoms with Crippen LogP contribution in [0, 0.1) is 0 Å². The van der Waals surface area contributed by atoms with E-state index in [2.05, 4.69) is 32.2 Å². The number of halogens is 1. The van der Waals surface area contributed by atoms with Crippen LogP contribution in [0.15, 0.2) is 77.3 Å². The Morgan fingerprint density at radius 1 is 1.03 bits per heavy atom. The Kier molecular flexibility index (Phi) is 6.84. The number of hydrogen-bond acceptors (Lipinski definition) is 5. The normalized spacial score (nSPS) is 10.8. The third kappa shape index (κ3) is 5.30. The molecule has 0 saturated heterocycles. The van der Waals surface area contributed by atoms with Crippen LogP contribution < -0.4 is 5.32 Å². The molecule has 0 spiro atoms. The van der Waals surface area contributed by atoms with Gasteiger partial charge < -0.3 is 9.88 Å². The van der Waals surface area contributed by atoms with Gasteiger partial charge in [-0.15, -0.1) is 21.5 Å². The summed E-state index contributed by atoms with van der Waals surface area (Å²) >= 11 is 8.91. The predicted molar refractivity (Wildman–Crippen MR) is 124 cm³/mol. The second-order valence-corrected chi connectivity index (χ2v) is 8.84. The zero-order valence-corrected chi connectivity index (χ0v) is 18.4. The molecule has 152 valence electrons. The van der Waals surface area contributed by atoms with E-state index in [1.54, 1.807) is 35.6 Å². The molecule has 0 aliphatic heterocycles. The second kappa shape index (κ2) is 9.93. The third-order valence-electron chi connectivity index (χ3n) is 4.39. The number of nitrogens with one attached hydrogen (secondary N) is 1. The zero-order valence-electron chi connectivity index (χ0n) is 16.0. The number of aryl methyl sites for hydroxylation is 1. The molecule has 0 aliphatic carbocycles. The molecule has 0 unspecified atom stereocenters. The smallest absolute Gasteiger partial charge is 0.234 e. The van der Waals surface area contributed by atoms with Gasteiger partial charge in [0.05, 0.1) is 10.6 Å². The van der Waals surface area contributed by atoms with Crippen molar-refractivity contribution in [1.29, 1.82) is 0 Å². The summed E-state index contributed by atoms with van der Waals surface area (Å²) in [7, 11) is 0. The van der Waals surface area contributed by atoms with Crippen LogP contribution >= 0.6 is 34.7 Å². The average molecular weight is 455 g/mol. The highest BCUT2D eigenvalue weighted by Gasteiger charge is 2.16. The molecule has 2 heterocycles. The van der Waals surface area contributed by atoms with Crippen LogP contribution in [0.5, 0.6) is 0 Å². The first-order chi connectivity index (χ1) is 14.7. The number of carbonyl (C=O) groups is 1. The van der Waals surface area contributed by atoms with Crippen molar-refractivity contribution in [3.05, 3.63) is 82.7 Å². The summed E-state index contributed by atoms with van der Waals surface area (Å²) in [6.45, 7) is 0.741. The maximum Gasteiger partial charge on any atom is 0.234 e. The maximum atomic E-state index is 12.4. The number of nitrogens with zero attached hydrogens (tertiary/aromatic N) is 3. The molecule has 4 rings (SSSR count). The maximum absolute atomic E-state index is 12.4. The SMILES string of the molecule is O=C(CSc1nnc(-c2cccs2)n1CCc1ccccc1)Nc1ccc(Cl)cc1. The van der Waals surface area contributed by atoms with Gasteiger partial charge in [0.15, 0.2) is 11.0 Å². The first-order valence-corrected chi connectivity index (χ1v) is 11.6. The van der Waals surface area contributed by atoms with Gasteiger partial charge in [0.1, 0.15) is 0 Å². The summed E-state index contributed by atoms with van der Waals surface area (Å²) in [5.41, 5.74) is 1.97. The van der Waals surface area contributed by atoms with Gasteiger partial charge in [0, 0.05) is 17.3 Å². The van der Waals surface area contributed by atoms with E-state index in [0.29, 0.717) is 5.02 Å². The molecule has 0 fully saturated rings. The van der Waals surface area contributed by atoms with Gasteiger partial charge in [-0.25, -0.2) is 0 Å². The predicted octanol–water partition coefficient (Wildman–Crippen LogP) is 5.63. The van der Waals surface area contributed by atoms with Gasteiger partial charge >= 0.3 is 0 Å². The van der Waals surface area contributed by atoms with E-state index in [4.69, 9.17) is 11.6 Å². The molecule has 0 radical (unpaired) electrons. The summed E-state index contributed by atoms with van der Waals surface area (Å²) in [5, 5.41) is 15.0. The van der Waals surface area contributed by atoms with Gasteiger partial charge in [-0.3, -0.25) is 4.79 Å². The first-order valence-electron chi connectivity index (χ1n) is 9.38. The highest BCUT2D eigenvalue weighted by Crippen LogP contribution is 2.28. The van der Waals surface area contributed by atoms with Crippen LogP contribution in [0.25, 0.3) is 10.7 Å². The molecule has 0 saturated carbocycles. The van der Waals surface area contributed by atoms with Gasteiger partial charge in [0.2, 0.25) is 5.91 Å². The standard InChI is InChI=1S/C22H19ClN4OS2/c23-17-8-10-18(11-9-17)24-20(28)15-30-22-26-25-21(19-7-4-14-29-19)27(22)13-12-16-5-2-1-3-6-16/h1-11,14H,12-13,15H2,(H,24,28). The highest BCUT2D eigenvalue weighted by atomic mass is 35.5. The summed E-state index contributed by atoms with van der Waals surface area (Å²) < 4.78 is 2.10. The van der Waals surface area contributed by atoms with E-state index >= 15 is 0 Å². The lowest BCUT2D eigenvalue weighted by Gasteiger charge is -2.10. The Hall–Kier alpha value is -2.61. The number of thioether (sulfide) groups is 1. The monoisotopic (exact) mass is 454 g/mol. The van der Waals surface area contributed by atoms with E-state index in [1.807, 2.05) is 35.7 Å². The number of benzene rings is 2. The Bertz CT molecular complexity index is 1100. The molecule has 0 bridgehead atoms. The van der Waals surface area contributed by atoms with Crippen molar-refractivity contribution in [2.75, 3.05) is 11.1 Å². The van der Waals surface area contributed by atoms with Gasteiger partial charge in [-0.05, 0) is 47.7 Å². The zero-order chi connectivity index (χ0) is 20.8. The van der Waals surface area contributed by atoms with Crippen LogP contribution in [-0.2, 0) is 17.8 Å². The topological polar surface area (TPSA) is 59.8 Å². The summed E-state index contributed by atoms with van der Waals surface area (Å²) in [4.78, 5) is 13.4. The van der Waals surface area contributed by atoms with Crippen LogP contribution in [0.2, 0.25) is 5.02 Å². The number of amides is 1. The fourth-order valence-corrected chi connectivity index (χ4v) is 4.54. The van der Waals surface area contributed by atoms with Crippen molar-refractivity contribution < 1.29 is 4.79 Å². The molecular formula is C22H19ClN4OS2. The molecular weight excluding hydrogens is 436 g/mol. The Morgan fingerprint density at radius 2 is 1.83 bits per heavy atom. The number of rotatable bonds is 8. The van der Waals surface area contributed by atoms with Crippen molar-refractivity contribution >= 4 is 46.3 Å². The van der Waals surface area contributed by atoms with Crippen molar-refractivity contribution in [3.8, 4) is 10.7 Å². The van der Waals surface area contributed by atoms with E-state index in [1.165, 1.54) is 17.3 Å².